The molecule has 19 heavy (non-hydrogen) atoms. The van der Waals surface area contributed by atoms with Crippen molar-refractivity contribution in [2.45, 2.75) is 12.1 Å². The van der Waals surface area contributed by atoms with Gasteiger partial charge in [-0.25, -0.2) is 9.67 Å². The average molecular weight is 279 g/mol. The molecule has 0 fully saturated rings. The first-order valence-electron chi connectivity index (χ1n) is 5.74. The van der Waals surface area contributed by atoms with Crippen molar-refractivity contribution in [1.82, 2.24) is 24.7 Å². The molecule has 0 amide bonds. The van der Waals surface area contributed by atoms with Crippen LogP contribution in [0.15, 0.2) is 11.4 Å². The summed E-state index contributed by atoms with van der Waals surface area (Å²) in [5.74, 6) is 1.87. The van der Waals surface area contributed by atoms with Crippen LogP contribution in [0.3, 0.4) is 0 Å². The average Bonchev–Trinajstić information content (AvgIpc) is 2.71. The Morgan fingerprint density at radius 2 is 2.00 bits per heavy atom. The quantitative estimate of drug-likeness (QED) is 0.849. The summed E-state index contributed by atoms with van der Waals surface area (Å²) in [7, 11) is 5.75. The second kappa shape index (κ2) is 5.43. The van der Waals surface area contributed by atoms with Gasteiger partial charge in [-0.2, -0.15) is 9.97 Å². The monoisotopic (exact) mass is 279 g/mol. The highest BCUT2D eigenvalue weighted by Crippen LogP contribution is 2.18. The van der Waals surface area contributed by atoms with Crippen molar-refractivity contribution in [3.05, 3.63) is 11.8 Å². The Bertz CT molecular complexity index is 578. The summed E-state index contributed by atoms with van der Waals surface area (Å²) in [6.07, 6.45) is 3.74. The molecule has 0 bridgehead atoms. The SMILES string of the molecule is CSc1nc(Nc2ncc(C)c(N(C)C)n2)nn1C. The molecule has 0 aliphatic heterocycles. The van der Waals surface area contributed by atoms with Crippen LogP contribution < -0.4 is 10.2 Å². The van der Waals surface area contributed by atoms with Crippen LogP contribution in [-0.4, -0.2) is 45.1 Å². The Balaban J connectivity index is 2.25. The van der Waals surface area contributed by atoms with E-state index in [0.717, 1.165) is 16.5 Å². The van der Waals surface area contributed by atoms with Crippen LogP contribution in [-0.2, 0) is 7.05 Å². The lowest BCUT2D eigenvalue weighted by Gasteiger charge is -2.14. The Hall–Kier alpha value is -1.83. The van der Waals surface area contributed by atoms with Gasteiger partial charge in [0.05, 0.1) is 0 Å². The predicted molar refractivity (Wildman–Crippen MR) is 77.2 cm³/mol. The van der Waals surface area contributed by atoms with Crippen molar-refractivity contribution in [1.29, 1.82) is 0 Å². The van der Waals surface area contributed by atoms with Gasteiger partial charge in [-0.1, -0.05) is 11.8 Å². The summed E-state index contributed by atoms with van der Waals surface area (Å²) < 4.78 is 1.72. The highest BCUT2D eigenvalue weighted by Gasteiger charge is 2.10. The molecule has 2 aromatic rings. The van der Waals surface area contributed by atoms with Crippen molar-refractivity contribution in [3.8, 4) is 0 Å². The third kappa shape index (κ3) is 2.95. The lowest BCUT2D eigenvalue weighted by molar-refractivity contribution is 0.687. The Labute approximate surface area is 116 Å². The molecule has 0 unspecified atom stereocenters. The summed E-state index contributed by atoms with van der Waals surface area (Å²) in [4.78, 5) is 15.0. The molecular formula is C11H17N7S. The van der Waals surface area contributed by atoms with Gasteiger partial charge in [0.2, 0.25) is 11.9 Å². The molecular weight excluding hydrogens is 262 g/mol. The van der Waals surface area contributed by atoms with E-state index in [1.54, 1.807) is 10.9 Å². The smallest absolute Gasteiger partial charge is 0.249 e. The molecule has 102 valence electrons. The summed E-state index contributed by atoms with van der Waals surface area (Å²) in [5.41, 5.74) is 1.02. The highest BCUT2D eigenvalue weighted by atomic mass is 32.2. The predicted octanol–water partition coefficient (Wildman–Crippen LogP) is 1.45. The van der Waals surface area contributed by atoms with Gasteiger partial charge >= 0.3 is 0 Å². The maximum atomic E-state index is 4.44. The van der Waals surface area contributed by atoms with E-state index in [-0.39, 0.29) is 0 Å². The molecule has 2 aromatic heterocycles. The van der Waals surface area contributed by atoms with E-state index in [0.29, 0.717) is 11.9 Å². The van der Waals surface area contributed by atoms with Gasteiger partial charge < -0.3 is 4.90 Å². The van der Waals surface area contributed by atoms with Crippen molar-refractivity contribution >= 4 is 29.5 Å². The van der Waals surface area contributed by atoms with Crippen LogP contribution in [0.1, 0.15) is 5.56 Å². The second-order valence-corrected chi connectivity index (χ2v) is 5.04. The van der Waals surface area contributed by atoms with E-state index in [9.17, 15) is 0 Å². The van der Waals surface area contributed by atoms with Crippen LogP contribution in [0.4, 0.5) is 17.7 Å². The van der Waals surface area contributed by atoms with Crippen LogP contribution in [0.25, 0.3) is 0 Å². The number of aryl methyl sites for hydroxylation is 2. The molecule has 7 nitrogen and oxygen atoms in total. The maximum Gasteiger partial charge on any atom is 0.249 e. The number of anilines is 3. The van der Waals surface area contributed by atoms with Gasteiger partial charge in [-0.05, 0) is 13.2 Å². The minimum Gasteiger partial charge on any atom is -0.362 e. The van der Waals surface area contributed by atoms with Gasteiger partial charge in [-0.3, -0.25) is 5.32 Å². The van der Waals surface area contributed by atoms with Crippen molar-refractivity contribution < 1.29 is 0 Å². The van der Waals surface area contributed by atoms with Gasteiger partial charge in [0, 0.05) is 32.9 Å². The number of hydrogen-bond donors (Lipinski definition) is 1. The normalized spacial score (nSPS) is 10.6. The molecule has 0 spiro atoms. The maximum absolute atomic E-state index is 4.44. The highest BCUT2D eigenvalue weighted by molar-refractivity contribution is 7.98. The molecule has 0 saturated heterocycles. The minimum atomic E-state index is 0.493. The number of rotatable bonds is 4. The van der Waals surface area contributed by atoms with Crippen LogP contribution in [0.5, 0.6) is 0 Å². The molecule has 1 N–H and O–H groups in total. The fourth-order valence-electron chi connectivity index (χ4n) is 1.65. The number of hydrogen-bond acceptors (Lipinski definition) is 7. The van der Waals surface area contributed by atoms with Crippen molar-refractivity contribution in [2.75, 3.05) is 30.6 Å². The molecule has 2 heterocycles. The standard InChI is InChI=1S/C11H17N7S/c1-7-6-12-9(13-8(7)17(2)3)14-10-15-11(19-5)18(4)16-10/h6H,1-5H3,(H,12,13,14,16). The lowest BCUT2D eigenvalue weighted by Crippen LogP contribution is -2.14. The van der Waals surface area contributed by atoms with Gasteiger partial charge in [0.15, 0.2) is 5.16 Å². The first kappa shape index (κ1) is 13.6. The zero-order chi connectivity index (χ0) is 14.0. The molecule has 8 heteroatoms. The zero-order valence-electron chi connectivity index (χ0n) is 11.7. The summed E-state index contributed by atoms with van der Waals surface area (Å²) in [6.45, 7) is 1.98. The second-order valence-electron chi connectivity index (χ2n) is 4.27. The lowest BCUT2D eigenvalue weighted by atomic mass is 10.3. The number of thioether (sulfide) groups is 1. The Morgan fingerprint density at radius 1 is 1.26 bits per heavy atom. The Kier molecular flexibility index (Phi) is 3.89. The van der Waals surface area contributed by atoms with Crippen LogP contribution in [0.2, 0.25) is 0 Å². The van der Waals surface area contributed by atoms with E-state index in [1.165, 1.54) is 11.8 Å². The molecule has 0 atom stereocenters. The van der Waals surface area contributed by atoms with E-state index in [4.69, 9.17) is 0 Å². The van der Waals surface area contributed by atoms with E-state index in [1.807, 2.05) is 39.2 Å². The first-order chi connectivity index (χ1) is 9.01. The fraction of sp³-hybridized carbons (Fsp3) is 0.455. The Morgan fingerprint density at radius 3 is 2.58 bits per heavy atom. The molecule has 0 aliphatic carbocycles. The molecule has 0 radical (unpaired) electrons. The summed E-state index contributed by atoms with van der Waals surface area (Å²) in [6, 6.07) is 0. The third-order valence-electron chi connectivity index (χ3n) is 2.50. The van der Waals surface area contributed by atoms with Crippen LogP contribution in [0, 0.1) is 6.92 Å². The topological polar surface area (TPSA) is 71.8 Å². The molecule has 0 saturated carbocycles. The van der Waals surface area contributed by atoms with E-state index in [2.05, 4.69) is 25.4 Å². The van der Waals surface area contributed by atoms with E-state index >= 15 is 0 Å². The number of nitrogens with one attached hydrogen (secondary N) is 1. The largest absolute Gasteiger partial charge is 0.362 e. The number of aromatic nitrogens is 5. The number of nitrogens with zero attached hydrogens (tertiary/aromatic N) is 6. The minimum absolute atomic E-state index is 0.493. The van der Waals surface area contributed by atoms with Gasteiger partial charge in [0.25, 0.3) is 0 Å². The van der Waals surface area contributed by atoms with Crippen LogP contribution >= 0.6 is 11.8 Å². The van der Waals surface area contributed by atoms with E-state index < -0.39 is 0 Å². The summed E-state index contributed by atoms with van der Waals surface area (Å²) >= 11 is 1.54. The van der Waals surface area contributed by atoms with Gasteiger partial charge in [-0.15, -0.1) is 5.10 Å². The molecule has 0 aliphatic rings. The zero-order valence-corrected chi connectivity index (χ0v) is 12.5. The van der Waals surface area contributed by atoms with Crippen molar-refractivity contribution in [2.24, 2.45) is 7.05 Å². The first-order valence-corrected chi connectivity index (χ1v) is 6.96. The molecule has 0 aromatic carbocycles. The summed E-state index contributed by atoms with van der Waals surface area (Å²) in [5, 5.41) is 8.11. The third-order valence-corrected chi connectivity index (χ3v) is 3.22. The van der Waals surface area contributed by atoms with Crippen molar-refractivity contribution in [3.63, 3.8) is 0 Å². The van der Waals surface area contributed by atoms with Gasteiger partial charge in [0.1, 0.15) is 5.82 Å². The fourth-order valence-corrected chi connectivity index (χ4v) is 2.13. The molecule has 2 rings (SSSR count).